The normalized spacial score (nSPS) is 10.4. The van der Waals surface area contributed by atoms with Crippen molar-refractivity contribution in [1.82, 2.24) is 0 Å². The number of benzene rings is 2. The van der Waals surface area contributed by atoms with Crippen LogP contribution < -0.4 is 4.74 Å². The Morgan fingerprint density at radius 1 is 1.04 bits per heavy atom. The highest BCUT2D eigenvalue weighted by atomic mass is 79.9. The van der Waals surface area contributed by atoms with Crippen LogP contribution >= 0.6 is 39.1 Å². The van der Waals surface area contributed by atoms with Crippen LogP contribution in [0.25, 0.3) is 0 Å². The smallest absolute Gasteiger partial charge is 0.306 e. The van der Waals surface area contributed by atoms with Gasteiger partial charge in [0.15, 0.2) is 12.4 Å². The zero-order chi connectivity index (χ0) is 18.2. The summed E-state index contributed by atoms with van der Waals surface area (Å²) in [5.74, 6) is -0.189. The van der Waals surface area contributed by atoms with Crippen molar-refractivity contribution in [3.05, 3.63) is 62.5 Å². The number of halogens is 3. The number of carbonyl (C=O) groups is 2. The van der Waals surface area contributed by atoms with Crippen LogP contribution in [0.1, 0.15) is 23.2 Å². The van der Waals surface area contributed by atoms with E-state index < -0.39 is 5.97 Å². The second-order valence-electron chi connectivity index (χ2n) is 5.12. The van der Waals surface area contributed by atoms with E-state index in [2.05, 4.69) is 15.9 Å². The Morgan fingerprint density at radius 3 is 2.44 bits per heavy atom. The molecule has 2 aromatic rings. The van der Waals surface area contributed by atoms with Crippen molar-refractivity contribution in [3.63, 3.8) is 0 Å². The van der Waals surface area contributed by atoms with Gasteiger partial charge in [0.1, 0.15) is 5.75 Å². The first-order valence-corrected chi connectivity index (χ1v) is 9.03. The number of hydrogen-bond acceptors (Lipinski definition) is 4. The Kier molecular flexibility index (Phi) is 7.75. The predicted molar refractivity (Wildman–Crippen MR) is 101 cm³/mol. The molecule has 25 heavy (non-hydrogen) atoms. The first-order chi connectivity index (χ1) is 12.0. The molecule has 0 spiro atoms. The van der Waals surface area contributed by atoms with E-state index >= 15 is 0 Å². The Morgan fingerprint density at radius 2 is 1.76 bits per heavy atom. The first kappa shape index (κ1) is 19.8. The summed E-state index contributed by atoms with van der Waals surface area (Å²) in [5.41, 5.74) is 0.497. The topological polar surface area (TPSA) is 52.6 Å². The third kappa shape index (κ3) is 6.69. The standard InChI is InChI=1S/C18H15BrCl2O4/c19-13-5-3-12(4-6-13)16(22)11-25-18(23)2-1-9-24-17-8-7-14(20)10-15(17)21/h3-8,10H,1-2,9,11H2. The van der Waals surface area contributed by atoms with Gasteiger partial charge in [-0.1, -0.05) is 51.3 Å². The molecule has 4 nitrogen and oxygen atoms in total. The Bertz CT molecular complexity index is 747. The second kappa shape index (κ2) is 9.80. The molecule has 0 unspecified atom stereocenters. The minimum atomic E-state index is -0.448. The number of esters is 1. The van der Waals surface area contributed by atoms with E-state index in [1.807, 2.05) is 0 Å². The summed E-state index contributed by atoms with van der Waals surface area (Å²) in [7, 11) is 0. The van der Waals surface area contributed by atoms with E-state index in [0.717, 1.165) is 4.47 Å². The average molecular weight is 446 g/mol. The van der Waals surface area contributed by atoms with E-state index in [1.54, 1.807) is 42.5 Å². The van der Waals surface area contributed by atoms with Crippen molar-refractivity contribution in [2.45, 2.75) is 12.8 Å². The number of Topliss-reactive ketones (excluding diaryl/α,β-unsaturated/α-hetero) is 1. The largest absolute Gasteiger partial charge is 0.492 e. The van der Waals surface area contributed by atoms with Gasteiger partial charge in [-0.15, -0.1) is 0 Å². The fraction of sp³-hybridized carbons (Fsp3) is 0.222. The second-order valence-corrected chi connectivity index (χ2v) is 6.88. The van der Waals surface area contributed by atoms with Crippen molar-refractivity contribution in [2.75, 3.05) is 13.2 Å². The SMILES string of the molecule is O=C(CCCOc1ccc(Cl)cc1Cl)OCC(=O)c1ccc(Br)cc1. The summed E-state index contributed by atoms with van der Waals surface area (Å²) >= 11 is 15.1. The lowest BCUT2D eigenvalue weighted by Crippen LogP contribution is -2.14. The molecular formula is C18H15BrCl2O4. The lowest BCUT2D eigenvalue weighted by molar-refractivity contribution is -0.142. The van der Waals surface area contributed by atoms with Crippen LogP contribution in [0.2, 0.25) is 10.0 Å². The molecule has 0 saturated carbocycles. The minimum Gasteiger partial charge on any atom is -0.492 e. The predicted octanol–water partition coefficient (Wildman–Crippen LogP) is 5.34. The van der Waals surface area contributed by atoms with Crippen molar-refractivity contribution in [3.8, 4) is 5.75 Å². The van der Waals surface area contributed by atoms with Crippen molar-refractivity contribution < 1.29 is 19.1 Å². The number of rotatable bonds is 8. The molecule has 0 amide bonds. The summed E-state index contributed by atoms with van der Waals surface area (Å²) in [5, 5.41) is 0.937. The van der Waals surface area contributed by atoms with Crippen LogP contribution in [0.15, 0.2) is 46.9 Å². The van der Waals surface area contributed by atoms with Gasteiger partial charge in [-0.3, -0.25) is 9.59 Å². The lowest BCUT2D eigenvalue weighted by atomic mass is 10.1. The van der Waals surface area contributed by atoms with Crippen LogP contribution in [0, 0.1) is 0 Å². The van der Waals surface area contributed by atoms with Crippen molar-refractivity contribution in [2.24, 2.45) is 0 Å². The van der Waals surface area contributed by atoms with Gasteiger partial charge in [-0.05, 0) is 36.8 Å². The average Bonchev–Trinajstić information content (AvgIpc) is 2.58. The third-order valence-electron chi connectivity index (χ3n) is 3.21. The van der Waals surface area contributed by atoms with Gasteiger partial charge < -0.3 is 9.47 Å². The Balaban J connectivity index is 1.67. The monoisotopic (exact) mass is 444 g/mol. The molecule has 0 atom stereocenters. The zero-order valence-corrected chi connectivity index (χ0v) is 16.2. The van der Waals surface area contributed by atoms with Crippen LogP contribution in [-0.2, 0) is 9.53 Å². The summed E-state index contributed by atoms with van der Waals surface area (Å²) in [6.45, 7) is 0.0292. The first-order valence-electron chi connectivity index (χ1n) is 7.48. The molecule has 2 rings (SSSR count). The van der Waals surface area contributed by atoms with E-state index in [0.29, 0.717) is 34.4 Å². The molecule has 0 radical (unpaired) electrons. The fourth-order valence-electron chi connectivity index (χ4n) is 1.93. The molecule has 0 aliphatic carbocycles. The minimum absolute atomic E-state index is 0.152. The molecule has 7 heteroatoms. The molecule has 0 bridgehead atoms. The van der Waals surface area contributed by atoms with Gasteiger partial charge >= 0.3 is 5.97 Å². The van der Waals surface area contributed by atoms with Gasteiger partial charge in [0, 0.05) is 21.5 Å². The summed E-state index contributed by atoms with van der Waals surface area (Å²) in [6, 6.07) is 11.8. The van der Waals surface area contributed by atoms with Gasteiger partial charge in [-0.25, -0.2) is 0 Å². The maximum atomic E-state index is 11.9. The van der Waals surface area contributed by atoms with Crippen molar-refractivity contribution >= 4 is 50.9 Å². The van der Waals surface area contributed by atoms with Gasteiger partial charge in [0.25, 0.3) is 0 Å². The number of hydrogen-bond donors (Lipinski definition) is 0. The molecule has 0 aliphatic heterocycles. The van der Waals surface area contributed by atoms with Crippen LogP contribution in [0.4, 0.5) is 0 Å². The molecular weight excluding hydrogens is 431 g/mol. The number of carbonyl (C=O) groups excluding carboxylic acids is 2. The summed E-state index contributed by atoms with van der Waals surface area (Å²) in [6.07, 6.45) is 0.600. The van der Waals surface area contributed by atoms with Gasteiger partial charge in [-0.2, -0.15) is 0 Å². The molecule has 0 N–H and O–H groups in total. The molecule has 0 aliphatic rings. The molecule has 0 saturated heterocycles. The summed E-state index contributed by atoms with van der Waals surface area (Å²) in [4.78, 5) is 23.6. The number of ketones is 1. The fourth-order valence-corrected chi connectivity index (χ4v) is 2.66. The van der Waals surface area contributed by atoms with E-state index in [4.69, 9.17) is 32.7 Å². The lowest BCUT2D eigenvalue weighted by Gasteiger charge is -2.08. The highest BCUT2D eigenvalue weighted by Gasteiger charge is 2.10. The van der Waals surface area contributed by atoms with Gasteiger partial charge in [0.2, 0.25) is 0 Å². The van der Waals surface area contributed by atoms with Crippen molar-refractivity contribution in [1.29, 1.82) is 0 Å². The van der Waals surface area contributed by atoms with Crippen LogP contribution in [0.5, 0.6) is 5.75 Å². The highest BCUT2D eigenvalue weighted by Crippen LogP contribution is 2.27. The van der Waals surface area contributed by atoms with E-state index in [1.165, 1.54) is 0 Å². The highest BCUT2D eigenvalue weighted by molar-refractivity contribution is 9.10. The molecule has 0 fully saturated rings. The Hall–Kier alpha value is -1.56. The molecule has 0 heterocycles. The van der Waals surface area contributed by atoms with Crippen LogP contribution in [0.3, 0.4) is 0 Å². The summed E-state index contributed by atoms with van der Waals surface area (Å²) < 4.78 is 11.3. The number of ether oxygens (including phenoxy) is 2. The molecule has 132 valence electrons. The zero-order valence-electron chi connectivity index (χ0n) is 13.1. The van der Waals surface area contributed by atoms with Gasteiger partial charge in [0.05, 0.1) is 11.6 Å². The Labute approximate surface area is 164 Å². The molecule has 0 aromatic heterocycles. The van der Waals surface area contributed by atoms with E-state index in [-0.39, 0.29) is 18.8 Å². The van der Waals surface area contributed by atoms with Crippen LogP contribution in [-0.4, -0.2) is 25.0 Å². The van der Waals surface area contributed by atoms with E-state index in [9.17, 15) is 9.59 Å². The quantitative estimate of drug-likeness (QED) is 0.312. The molecule has 2 aromatic carbocycles. The maximum absolute atomic E-state index is 11.9. The maximum Gasteiger partial charge on any atom is 0.306 e. The third-order valence-corrected chi connectivity index (χ3v) is 4.27.